The smallest absolute Gasteiger partial charge is 0.251 e. The second kappa shape index (κ2) is 9.18. The van der Waals surface area contributed by atoms with Gasteiger partial charge in [-0.3, -0.25) is 9.59 Å². The van der Waals surface area contributed by atoms with E-state index in [-0.39, 0.29) is 11.8 Å². The van der Waals surface area contributed by atoms with E-state index in [4.69, 9.17) is 14.2 Å². The third-order valence-electron chi connectivity index (χ3n) is 4.72. The van der Waals surface area contributed by atoms with Crippen molar-refractivity contribution in [3.63, 3.8) is 0 Å². The van der Waals surface area contributed by atoms with Crippen molar-refractivity contribution in [1.29, 1.82) is 0 Å². The van der Waals surface area contributed by atoms with Crippen LogP contribution >= 0.6 is 0 Å². The molecule has 2 N–H and O–H groups in total. The Bertz CT molecular complexity index is 857. The van der Waals surface area contributed by atoms with Gasteiger partial charge in [0, 0.05) is 30.9 Å². The molecule has 2 aromatic carbocycles. The highest BCUT2D eigenvalue weighted by Crippen LogP contribution is 2.38. The molecule has 3 rings (SSSR count). The standard InChI is InChI=1S/C21H25N3O5/c1-27-17-10-15(11-18(28-2)20(17)29-3)21(26)23-12-14-4-6-16(7-5-14)24-9-8-22-19(25)13-24/h4-7,10-11H,8-9,12-13H2,1-3H3,(H,22,25)(H,23,26). The van der Waals surface area contributed by atoms with Crippen molar-refractivity contribution >= 4 is 17.5 Å². The van der Waals surface area contributed by atoms with Crippen LogP contribution in [-0.2, 0) is 11.3 Å². The molecule has 0 unspecified atom stereocenters. The Kier molecular flexibility index (Phi) is 6.43. The van der Waals surface area contributed by atoms with E-state index in [0.717, 1.165) is 17.8 Å². The van der Waals surface area contributed by atoms with Crippen molar-refractivity contribution in [2.75, 3.05) is 45.9 Å². The van der Waals surface area contributed by atoms with Gasteiger partial charge in [-0.1, -0.05) is 12.1 Å². The molecule has 1 heterocycles. The largest absolute Gasteiger partial charge is 0.493 e. The highest BCUT2D eigenvalue weighted by Gasteiger charge is 2.18. The first-order valence-electron chi connectivity index (χ1n) is 9.24. The molecule has 0 bridgehead atoms. The Morgan fingerprint density at radius 3 is 2.28 bits per heavy atom. The van der Waals surface area contributed by atoms with Crippen LogP contribution in [0.3, 0.4) is 0 Å². The van der Waals surface area contributed by atoms with Crippen LogP contribution in [0.25, 0.3) is 0 Å². The van der Waals surface area contributed by atoms with Crippen molar-refractivity contribution in [1.82, 2.24) is 10.6 Å². The van der Waals surface area contributed by atoms with Crippen LogP contribution in [0.4, 0.5) is 5.69 Å². The Morgan fingerprint density at radius 2 is 1.72 bits per heavy atom. The summed E-state index contributed by atoms with van der Waals surface area (Å²) >= 11 is 0. The first-order valence-corrected chi connectivity index (χ1v) is 9.24. The van der Waals surface area contributed by atoms with E-state index in [1.165, 1.54) is 21.3 Å². The van der Waals surface area contributed by atoms with Crippen LogP contribution in [0.5, 0.6) is 17.2 Å². The van der Waals surface area contributed by atoms with E-state index in [1.807, 2.05) is 29.2 Å². The van der Waals surface area contributed by atoms with Gasteiger partial charge < -0.3 is 29.7 Å². The van der Waals surface area contributed by atoms with Crippen LogP contribution in [-0.4, -0.2) is 52.8 Å². The molecule has 8 nitrogen and oxygen atoms in total. The molecule has 1 aliphatic rings. The fourth-order valence-corrected chi connectivity index (χ4v) is 3.18. The molecule has 1 fully saturated rings. The van der Waals surface area contributed by atoms with Crippen molar-refractivity contribution in [2.45, 2.75) is 6.54 Å². The van der Waals surface area contributed by atoms with E-state index in [1.54, 1.807) is 12.1 Å². The van der Waals surface area contributed by atoms with E-state index < -0.39 is 0 Å². The molecule has 0 spiro atoms. The van der Waals surface area contributed by atoms with Crippen LogP contribution in [0.2, 0.25) is 0 Å². The minimum atomic E-state index is -0.249. The number of rotatable bonds is 7. The molecule has 0 aromatic heterocycles. The van der Waals surface area contributed by atoms with E-state index in [9.17, 15) is 9.59 Å². The zero-order valence-electron chi connectivity index (χ0n) is 16.8. The number of methoxy groups -OCH3 is 3. The number of hydrogen-bond donors (Lipinski definition) is 2. The third-order valence-corrected chi connectivity index (χ3v) is 4.72. The maximum Gasteiger partial charge on any atom is 0.251 e. The number of hydrogen-bond acceptors (Lipinski definition) is 6. The number of anilines is 1. The summed E-state index contributed by atoms with van der Waals surface area (Å²) in [5, 5.41) is 5.70. The van der Waals surface area contributed by atoms with Crippen molar-refractivity contribution in [2.24, 2.45) is 0 Å². The molecule has 1 aliphatic heterocycles. The molecule has 0 radical (unpaired) electrons. The van der Waals surface area contributed by atoms with Crippen molar-refractivity contribution in [3.05, 3.63) is 47.5 Å². The highest BCUT2D eigenvalue weighted by atomic mass is 16.5. The van der Waals surface area contributed by atoms with Gasteiger partial charge in [0.1, 0.15) is 0 Å². The molecule has 2 amide bonds. The van der Waals surface area contributed by atoms with Crippen LogP contribution in [0.1, 0.15) is 15.9 Å². The zero-order valence-corrected chi connectivity index (χ0v) is 16.8. The lowest BCUT2D eigenvalue weighted by molar-refractivity contribution is -0.120. The summed E-state index contributed by atoms with van der Waals surface area (Å²) in [5.41, 5.74) is 2.35. The summed E-state index contributed by atoms with van der Waals surface area (Å²) in [6.45, 7) is 2.15. The van der Waals surface area contributed by atoms with Gasteiger partial charge in [-0.25, -0.2) is 0 Å². The van der Waals surface area contributed by atoms with Gasteiger partial charge in [-0.15, -0.1) is 0 Å². The number of carbonyl (C=O) groups excluding carboxylic acids is 2. The number of nitrogens with one attached hydrogen (secondary N) is 2. The Balaban J connectivity index is 1.65. The van der Waals surface area contributed by atoms with Gasteiger partial charge >= 0.3 is 0 Å². The number of ether oxygens (including phenoxy) is 3. The molecule has 0 atom stereocenters. The minimum absolute atomic E-state index is 0.0259. The molecule has 0 aliphatic carbocycles. The number of amides is 2. The summed E-state index contributed by atoms with van der Waals surface area (Å²) in [7, 11) is 4.53. The van der Waals surface area contributed by atoms with Gasteiger partial charge in [0.25, 0.3) is 5.91 Å². The fraction of sp³-hybridized carbons (Fsp3) is 0.333. The van der Waals surface area contributed by atoms with Gasteiger partial charge in [0.05, 0.1) is 27.9 Å². The Morgan fingerprint density at radius 1 is 1.07 bits per heavy atom. The van der Waals surface area contributed by atoms with E-state index in [2.05, 4.69) is 10.6 Å². The molecule has 154 valence electrons. The highest BCUT2D eigenvalue weighted by molar-refractivity contribution is 5.95. The van der Waals surface area contributed by atoms with Gasteiger partial charge in [0.15, 0.2) is 11.5 Å². The first-order chi connectivity index (χ1) is 14.0. The molecular formula is C21H25N3O5. The second-order valence-corrected chi connectivity index (χ2v) is 6.53. The predicted octanol–water partition coefficient (Wildman–Crippen LogP) is 1.58. The molecule has 29 heavy (non-hydrogen) atoms. The van der Waals surface area contributed by atoms with Gasteiger partial charge in [-0.2, -0.15) is 0 Å². The van der Waals surface area contributed by atoms with Gasteiger partial charge in [-0.05, 0) is 29.8 Å². The lowest BCUT2D eigenvalue weighted by Crippen LogP contribution is -2.47. The van der Waals surface area contributed by atoms with Crippen LogP contribution < -0.4 is 29.7 Å². The molecule has 8 heteroatoms. The van der Waals surface area contributed by atoms with Crippen LogP contribution in [0.15, 0.2) is 36.4 Å². The number of carbonyl (C=O) groups is 2. The maximum atomic E-state index is 12.6. The number of nitrogens with zero attached hydrogens (tertiary/aromatic N) is 1. The molecule has 0 saturated carbocycles. The summed E-state index contributed by atoms with van der Waals surface area (Å²) < 4.78 is 15.9. The third kappa shape index (κ3) is 4.71. The van der Waals surface area contributed by atoms with E-state index in [0.29, 0.717) is 42.4 Å². The number of piperazine rings is 1. The SMILES string of the molecule is COc1cc(C(=O)NCc2ccc(N3CCNC(=O)C3)cc2)cc(OC)c1OC. The quantitative estimate of drug-likeness (QED) is 0.735. The van der Waals surface area contributed by atoms with Crippen molar-refractivity contribution in [3.8, 4) is 17.2 Å². The average molecular weight is 399 g/mol. The monoisotopic (exact) mass is 399 g/mol. The van der Waals surface area contributed by atoms with Crippen LogP contribution in [0, 0.1) is 0 Å². The normalized spacial score (nSPS) is 13.5. The lowest BCUT2D eigenvalue weighted by Gasteiger charge is -2.28. The minimum Gasteiger partial charge on any atom is -0.493 e. The summed E-state index contributed by atoms with van der Waals surface area (Å²) in [6, 6.07) is 11.0. The predicted molar refractivity (Wildman–Crippen MR) is 109 cm³/mol. The Labute approximate surface area is 169 Å². The molecular weight excluding hydrogens is 374 g/mol. The summed E-state index contributed by atoms with van der Waals surface area (Å²) in [6.07, 6.45) is 0. The second-order valence-electron chi connectivity index (χ2n) is 6.53. The zero-order chi connectivity index (χ0) is 20.8. The Hall–Kier alpha value is -3.42. The fourth-order valence-electron chi connectivity index (χ4n) is 3.18. The summed E-state index contributed by atoms with van der Waals surface area (Å²) in [5.74, 6) is 1.06. The number of benzene rings is 2. The molecule has 2 aromatic rings. The van der Waals surface area contributed by atoms with E-state index >= 15 is 0 Å². The first kappa shape index (κ1) is 20.3. The summed E-state index contributed by atoms with van der Waals surface area (Å²) in [4.78, 5) is 26.1. The topological polar surface area (TPSA) is 89.1 Å². The maximum absolute atomic E-state index is 12.6. The van der Waals surface area contributed by atoms with Gasteiger partial charge in [0.2, 0.25) is 11.7 Å². The lowest BCUT2D eigenvalue weighted by atomic mass is 10.1. The average Bonchev–Trinajstić information content (AvgIpc) is 2.76. The molecule has 1 saturated heterocycles. The van der Waals surface area contributed by atoms with Crippen molar-refractivity contribution < 1.29 is 23.8 Å².